The third kappa shape index (κ3) is 7.60. The molecule has 0 aliphatic carbocycles. The van der Waals surface area contributed by atoms with Gasteiger partial charge in [0.25, 0.3) is 0 Å². The highest BCUT2D eigenvalue weighted by atomic mass is 32.2. The van der Waals surface area contributed by atoms with Crippen molar-refractivity contribution in [3.05, 3.63) is 53.6 Å². The average molecular weight is 531 g/mol. The molecule has 2 aromatic rings. The smallest absolute Gasteiger partial charge is 0.383 e. The van der Waals surface area contributed by atoms with E-state index in [2.05, 4.69) is 0 Å². The van der Waals surface area contributed by atoms with Crippen molar-refractivity contribution in [2.75, 3.05) is 38.3 Å². The van der Waals surface area contributed by atoms with E-state index in [1.165, 1.54) is 18.1 Å². The number of halogens is 3. The van der Waals surface area contributed by atoms with E-state index in [-0.39, 0.29) is 37.3 Å². The molecule has 1 amide bonds. The number of rotatable bonds is 12. The number of carbonyl (C=O) groups is 1. The van der Waals surface area contributed by atoms with Crippen molar-refractivity contribution in [3.63, 3.8) is 0 Å². The molecule has 2 rings (SSSR count). The Hall–Kier alpha value is -2.79. The van der Waals surface area contributed by atoms with Crippen molar-refractivity contribution in [2.24, 2.45) is 5.92 Å². The highest BCUT2D eigenvalue weighted by Gasteiger charge is 2.32. The van der Waals surface area contributed by atoms with Crippen LogP contribution in [0.2, 0.25) is 0 Å². The summed E-state index contributed by atoms with van der Waals surface area (Å²) in [4.78, 5) is 15.6. The third-order valence-corrected chi connectivity index (χ3v) is 6.79. The first-order chi connectivity index (χ1) is 16.8. The highest BCUT2D eigenvalue weighted by Crippen LogP contribution is 2.33. The van der Waals surface area contributed by atoms with Crippen LogP contribution in [0.15, 0.2) is 47.4 Å². The van der Waals surface area contributed by atoms with Gasteiger partial charge in [0.2, 0.25) is 5.91 Å². The molecule has 0 fully saturated rings. The normalized spacial score (nSPS) is 12.0. The molecule has 0 atom stereocenters. The SMILES string of the molecule is CCN(CC)c1ccc(CN(CCOC)C(=O)C(C)C)c(OS(=O)(=O)c2cccc(C(F)(F)F)c2)c1. The molecule has 0 N–H and O–H groups in total. The lowest BCUT2D eigenvalue weighted by atomic mass is 10.1. The van der Waals surface area contributed by atoms with Crippen LogP contribution in [0, 0.1) is 5.92 Å². The molecule has 0 bridgehead atoms. The second-order valence-electron chi connectivity index (χ2n) is 8.43. The number of ether oxygens (including phenoxy) is 1. The minimum atomic E-state index is -4.71. The van der Waals surface area contributed by atoms with Gasteiger partial charge in [0.15, 0.2) is 0 Å². The van der Waals surface area contributed by atoms with Crippen LogP contribution < -0.4 is 9.08 Å². The van der Waals surface area contributed by atoms with Crippen molar-refractivity contribution in [2.45, 2.75) is 45.3 Å². The second-order valence-corrected chi connectivity index (χ2v) is 9.98. The molecule has 2 aromatic carbocycles. The van der Waals surface area contributed by atoms with E-state index in [4.69, 9.17) is 8.92 Å². The van der Waals surface area contributed by atoms with Crippen LogP contribution in [0.5, 0.6) is 5.75 Å². The first-order valence-corrected chi connectivity index (χ1v) is 13.0. The molecule has 0 aromatic heterocycles. The summed E-state index contributed by atoms with van der Waals surface area (Å²) in [7, 11) is -3.10. The summed E-state index contributed by atoms with van der Waals surface area (Å²) in [5, 5.41) is 0. The summed E-state index contributed by atoms with van der Waals surface area (Å²) in [5.74, 6) is -0.530. The molecule has 7 nitrogen and oxygen atoms in total. The predicted molar refractivity (Wildman–Crippen MR) is 131 cm³/mol. The largest absolute Gasteiger partial charge is 0.416 e. The van der Waals surface area contributed by atoms with Crippen molar-refractivity contribution < 1.29 is 35.3 Å². The van der Waals surface area contributed by atoms with Gasteiger partial charge in [-0.05, 0) is 38.1 Å². The number of benzene rings is 2. The summed E-state index contributed by atoms with van der Waals surface area (Å²) >= 11 is 0. The lowest BCUT2D eigenvalue weighted by Gasteiger charge is -2.27. The Morgan fingerprint density at radius 3 is 2.28 bits per heavy atom. The van der Waals surface area contributed by atoms with Gasteiger partial charge in [0.1, 0.15) is 10.6 Å². The molecule has 0 radical (unpaired) electrons. The number of amides is 1. The van der Waals surface area contributed by atoms with Crippen molar-refractivity contribution in [1.82, 2.24) is 4.90 Å². The van der Waals surface area contributed by atoms with Gasteiger partial charge < -0.3 is 18.7 Å². The zero-order valence-electron chi connectivity index (χ0n) is 21.1. The van der Waals surface area contributed by atoms with Crippen molar-refractivity contribution >= 4 is 21.7 Å². The van der Waals surface area contributed by atoms with Gasteiger partial charge in [-0.25, -0.2) is 0 Å². The molecule has 200 valence electrons. The maximum absolute atomic E-state index is 13.2. The van der Waals surface area contributed by atoms with Crippen molar-refractivity contribution in [1.29, 1.82) is 0 Å². The minimum absolute atomic E-state index is 0.0341. The predicted octanol–water partition coefficient (Wildman–Crippen LogP) is 4.95. The quantitative estimate of drug-likeness (QED) is 0.362. The lowest BCUT2D eigenvalue weighted by Crippen LogP contribution is -2.36. The second kappa shape index (κ2) is 12.4. The number of nitrogens with zero attached hydrogens (tertiary/aromatic N) is 2. The van der Waals surface area contributed by atoms with Crippen LogP contribution in [-0.4, -0.2) is 52.6 Å². The molecule has 0 aliphatic rings. The zero-order chi connectivity index (χ0) is 27.1. The number of anilines is 1. The molecule has 36 heavy (non-hydrogen) atoms. The van der Waals surface area contributed by atoms with Crippen LogP contribution in [0.1, 0.15) is 38.8 Å². The van der Waals surface area contributed by atoms with Gasteiger partial charge >= 0.3 is 16.3 Å². The summed E-state index contributed by atoms with van der Waals surface area (Å²) < 4.78 is 76.1. The van der Waals surface area contributed by atoms with Gasteiger partial charge in [-0.2, -0.15) is 21.6 Å². The maximum atomic E-state index is 13.2. The summed E-state index contributed by atoms with van der Waals surface area (Å²) in [6, 6.07) is 8.37. The highest BCUT2D eigenvalue weighted by molar-refractivity contribution is 7.87. The number of methoxy groups -OCH3 is 1. The molecule has 0 unspecified atom stereocenters. The molecule has 0 aliphatic heterocycles. The van der Waals surface area contributed by atoms with Gasteiger partial charge in [0.05, 0.1) is 12.2 Å². The number of hydrogen-bond donors (Lipinski definition) is 0. The van der Waals surface area contributed by atoms with E-state index in [9.17, 15) is 26.4 Å². The fraction of sp³-hybridized carbons (Fsp3) is 0.480. The van der Waals surface area contributed by atoms with Gasteiger partial charge in [-0.3, -0.25) is 4.79 Å². The van der Waals surface area contributed by atoms with Crippen LogP contribution in [0.3, 0.4) is 0 Å². The maximum Gasteiger partial charge on any atom is 0.416 e. The van der Waals surface area contributed by atoms with Gasteiger partial charge in [-0.15, -0.1) is 0 Å². The molecule has 0 saturated heterocycles. The van der Waals surface area contributed by atoms with Gasteiger partial charge in [0, 0.05) is 56.5 Å². The van der Waals surface area contributed by atoms with E-state index in [0.29, 0.717) is 30.4 Å². The van der Waals surface area contributed by atoms with Crippen LogP contribution in [0.4, 0.5) is 18.9 Å². The Bertz CT molecular complexity index is 1130. The molecule has 0 spiro atoms. The van der Waals surface area contributed by atoms with E-state index < -0.39 is 26.8 Å². The van der Waals surface area contributed by atoms with E-state index >= 15 is 0 Å². The van der Waals surface area contributed by atoms with E-state index in [1.807, 2.05) is 18.7 Å². The Kier molecular flexibility index (Phi) is 10.2. The Balaban J connectivity index is 2.54. The molecular weight excluding hydrogens is 497 g/mol. The van der Waals surface area contributed by atoms with E-state index in [0.717, 1.165) is 18.2 Å². The topological polar surface area (TPSA) is 76.2 Å². The zero-order valence-corrected chi connectivity index (χ0v) is 21.9. The minimum Gasteiger partial charge on any atom is -0.383 e. The third-order valence-electron chi connectivity index (χ3n) is 5.56. The first kappa shape index (κ1) is 29.4. The fourth-order valence-corrected chi connectivity index (χ4v) is 4.57. The number of carbonyl (C=O) groups excluding carboxylic acids is 1. The monoisotopic (exact) mass is 530 g/mol. The number of hydrogen-bond acceptors (Lipinski definition) is 6. The van der Waals surface area contributed by atoms with E-state index in [1.54, 1.807) is 26.0 Å². The first-order valence-electron chi connectivity index (χ1n) is 11.6. The van der Waals surface area contributed by atoms with Crippen LogP contribution in [-0.2, 0) is 32.4 Å². The number of alkyl halides is 3. The fourth-order valence-electron chi connectivity index (χ4n) is 3.57. The lowest BCUT2D eigenvalue weighted by molar-refractivity contribution is -0.138. The Morgan fingerprint density at radius 2 is 1.72 bits per heavy atom. The average Bonchev–Trinajstić information content (AvgIpc) is 2.82. The van der Waals surface area contributed by atoms with Gasteiger partial charge in [-0.1, -0.05) is 26.0 Å². The van der Waals surface area contributed by atoms with Crippen molar-refractivity contribution in [3.8, 4) is 5.75 Å². The van der Waals surface area contributed by atoms with Crippen LogP contribution >= 0.6 is 0 Å². The summed E-state index contributed by atoms with van der Waals surface area (Å²) in [6.07, 6.45) is -4.71. The standard InChI is InChI=1S/C25H33F3N2O5S/c1-6-29(7-2)21-12-11-19(17-30(13-14-34-5)24(31)18(3)4)23(16-21)35-36(32,33)22-10-8-9-20(15-22)25(26,27)28/h8-12,15-16,18H,6-7,13-14,17H2,1-5H3. The summed E-state index contributed by atoms with van der Waals surface area (Å²) in [6.45, 7) is 9.23. The molecule has 0 heterocycles. The Labute approximate surface area is 210 Å². The molecule has 0 saturated carbocycles. The molecule has 11 heteroatoms. The molecular formula is C25H33F3N2O5S. The Morgan fingerprint density at radius 1 is 1.06 bits per heavy atom. The van der Waals surface area contributed by atoms with Crippen LogP contribution in [0.25, 0.3) is 0 Å². The summed E-state index contributed by atoms with van der Waals surface area (Å²) in [5.41, 5.74) is -0.0271.